The molecule has 0 bridgehead atoms. The van der Waals surface area contributed by atoms with Crippen molar-refractivity contribution in [1.29, 1.82) is 0 Å². The molecule has 0 aliphatic carbocycles. The van der Waals surface area contributed by atoms with E-state index in [2.05, 4.69) is 4.98 Å². The predicted octanol–water partition coefficient (Wildman–Crippen LogP) is 0.628. The van der Waals surface area contributed by atoms with Crippen LogP contribution in [0, 0.1) is 5.92 Å². The van der Waals surface area contributed by atoms with Crippen LogP contribution in [0.4, 0.5) is 5.69 Å². The van der Waals surface area contributed by atoms with Crippen LogP contribution in [-0.2, 0) is 19.6 Å². The summed E-state index contributed by atoms with van der Waals surface area (Å²) in [7, 11) is -3.68. The molecule has 1 saturated heterocycles. The van der Waals surface area contributed by atoms with Crippen molar-refractivity contribution in [3.63, 3.8) is 0 Å². The Balaban J connectivity index is 2.18. The lowest BCUT2D eigenvalue weighted by atomic mass is 10.0. The fraction of sp³-hybridized carbons (Fsp3) is 0.538. The summed E-state index contributed by atoms with van der Waals surface area (Å²) in [5.74, 6) is -0.759. The second-order valence-electron chi connectivity index (χ2n) is 4.91. The van der Waals surface area contributed by atoms with Gasteiger partial charge in [-0.25, -0.2) is 8.42 Å². The number of piperidine rings is 1. The minimum absolute atomic E-state index is 0.0482. The van der Waals surface area contributed by atoms with E-state index in [-0.39, 0.29) is 23.1 Å². The summed E-state index contributed by atoms with van der Waals surface area (Å²) in [6.07, 6.45) is 3.91. The number of ether oxygens (including phenoxy) is 1. The third-order valence-corrected chi connectivity index (χ3v) is 5.21. The minimum atomic E-state index is -3.68. The van der Waals surface area contributed by atoms with Gasteiger partial charge in [0.2, 0.25) is 10.0 Å². The number of sulfonamides is 1. The molecule has 21 heavy (non-hydrogen) atoms. The van der Waals surface area contributed by atoms with Crippen LogP contribution in [0.5, 0.6) is 0 Å². The van der Waals surface area contributed by atoms with Gasteiger partial charge in [0, 0.05) is 25.5 Å². The Morgan fingerprint density at radius 2 is 2.29 bits per heavy atom. The number of carbonyl (C=O) groups excluding carboxylic acids is 1. The van der Waals surface area contributed by atoms with Gasteiger partial charge < -0.3 is 10.5 Å². The molecule has 0 spiro atoms. The molecule has 0 amide bonds. The van der Waals surface area contributed by atoms with E-state index in [0.717, 1.165) is 0 Å². The third kappa shape index (κ3) is 3.51. The highest BCUT2D eigenvalue weighted by Crippen LogP contribution is 2.24. The van der Waals surface area contributed by atoms with Crippen LogP contribution in [0.15, 0.2) is 23.4 Å². The molecule has 2 heterocycles. The number of rotatable bonds is 4. The minimum Gasteiger partial charge on any atom is -0.466 e. The number of nitrogens with two attached hydrogens (primary N) is 1. The van der Waals surface area contributed by atoms with Crippen molar-refractivity contribution in [2.24, 2.45) is 5.92 Å². The molecule has 1 fully saturated rings. The van der Waals surface area contributed by atoms with Crippen molar-refractivity contribution in [3.8, 4) is 0 Å². The van der Waals surface area contributed by atoms with Gasteiger partial charge in [0.05, 0.1) is 18.2 Å². The molecule has 1 atom stereocenters. The standard InChI is InChI=1S/C13H19N3O4S/c1-2-20-13(17)10-4-3-5-16(9-10)21(18,19)12-6-11(14)7-15-8-12/h6-8,10H,2-5,9,14H2,1H3. The summed E-state index contributed by atoms with van der Waals surface area (Å²) in [6.45, 7) is 2.54. The van der Waals surface area contributed by atoms with E-state index < -0.39 is 15.9 Å². The van der Waals surface area contributed by atoms with E-state index in [1.807, 2.05) is 0 Å². The molecule has 1 aromatic rings. The summed E-state index contributed by atoms with van der Waals surface area (Å²) < 4.78 is 31.4. The third-order valence-electron chi connectivity index (χ3n) is 3.38. The zero-order chi connectivity index (χ0) is 15.5. The van der Waals surface area contributed by atoms with Crippen molar-refractivity contribution in [1.82, 2.24) is 9.29 Å². The van der Waals surface area contributed by atoms with E-state index in [0.29, 0.717) is 26.0 Å². The second kappa shape index (κ2) is 6.40. The SMILES string of the molecule is CCOC(=O)C1CCCN(S(=O)(=O)c2cncc(N)c2)C1. The maximum absolute atomic E-state index is 12.5. The fourth-order valence-electron chi connectivity index (χ4n) is 2.34. The monoisotopic (exact) mass is 313 g/mol. The average Bonchev–Trinajstić information content (AvgIpc) is 2.47. The van der Waals surface area contributed by atoms with Crippen LogP contribution < -0.4 is 5.73 Å². The maximum atomic E-state index is 12.5. The Labute approximate surface area is 124 Å². The summed E-state index contributed by atoms with van der Waals surface area (Å²) in [5.41, 5.74) is 5.87. The predicted molar refractivity (Wildman–Crippen MR) is 76.8 cm³/mol. The van der Waals surface area contributed by atoms with Crippen molar-refractivity contribution in [3.05, 3.63) is 18.5 Å². The van der Waals surface area contributed by atoms with Crippen LogP contribution >= 0.6 is 0 Å². The summed E-state index contributed by atoms with van der Waals surface area (Å²) >= 11 is 0. The number of esters is 1. The fourth-order valence-corrected chi connectivity index (χ4v) is 3.86. The Morgan fingerprint density at radius 3 is 2.95 bits per heavy atom. The lowest BCUT2D eigenvalue weighted by Gasteiger charge is -2.30. The first kappa shape index (κ1) is 15.7. The molecular weight excluding hydrogens is 294 g/mol. The topological polar surface area (TPSA) is 103 Å². The number of pyridine rings is 1. The number of aromatic nitrogens is 1. The normalized spacial score (nSPS) is 20.1. The van der Waals surface area contributed by atoms with Gasteiger partial charge in [-0.2, -0.15) is 4.31 Å². The van der Waals surface area contributed by atoms with Crippen molar-refractivity contribution >= 4 is 21.7 Å². The van der Waals surface area contributed by atoms with Gasteiger partial charge in [0.1, 0.15) is 4.90 Å². The summed E-state index contributed by atoms with van der Waals surface area (Å²) in [4.78, 5) is 15.6. The zero-order valence-corrected chi connectivity index (χ0v) is 12.7. The highest BCUT2D eigenvalue weighted by Gasteiger charge is 2.34. The molecule has 0 aromatic carbocycles. The van der Waals surface area contributed by atoms with Gasteiger partial charge in [-0.05, 0) is 25.8 Å². The zero-order valence-electron chi connectivity index (χ0n) is 11.9. The first-order valence-electron chi connectivity index (χ1n) is 6.82. The molecular formula is C13H19N3O4S. The van der Waals surface area contributed by atoms with E-state index in [1.54, 1.807) is 6.92 Å². The molecule has 1 aromatic heterocycles. The van der Waals surface area contributed by atoms with Gasteiger partial charge in [-0.1, -0.05) is 0 Å². The lowest BCUT2D eigenvalue weighted by molar-refractivity contribution is -0.149. The molecule has 2 N–H and O–H groups in total. The summed E-state index contributed by atoms with van der Waals surface area (Å²) in [5, 5.41) is 0. The number of nitrogen functional groups attached to an aromatic ring is 1. The van der Waals surface area contributed by atoms with Crippen LogP contribution in [0.2, 0.25) is 0 Å². The molecule has 116 valence electrons. The van der Waals surface area contributed by atoms with Gasteiger partial charge >= 0.3 is 5.97 Å². The van der Waals surface area contributed by atoms with Gasteiger partial charge in [-0.15, -0.1) is 0 Å². The largest absolute Gasteiger partial charge is 0.466 e. The van der Waals surface area contributed by atoms with E-state index in [4.69, 9.17) is 10.5 Å². The average molecular weight is 313 g/mol. The van der Waals surface area contributed by atoms with Crippen LogP contribution in [-0.4, -0.2) is 43.4 Å². The van der Waals surface area contributed by atoms with Gasteiger partial charge in [0.25, 0.3) is 0 Å². The quantitative estimate of drug-likeness (QED) is 0.818. The molecule has 0 radical (unpaired) electrons. The van der Waals surface area contributed by atoms with E-state index >= 15 is 0 Å². The first-order chi connectivity index (χ1) is 9.95. The lowest BCUT2D eigenvalue weighted by Crippen LogP contribution is -2.42. The summed E-state index contributed by atoms with van der Waals surface area (Å²) in [6, 6.07) is 1.37. The van der Waals surface area contributed by atoms with Crippen LogP contribution in [0.1, 0.15) is 19.8 Å². The second-order valence-corrected chi connectivity index (χ2v) is 6.85. The van der Waals surface area contributed by atoms with Crippen LogP contribution in [0.3, 0.4) is 0 Å². The Kier molecular flexibility index (Phi) is 4.79. The first-order valence-corrected chi connectivity index (χ1v) is 8.26. The smallest absolute Gasteiger partial charge is 0.310 e. The molecule has 8 heteroatoms. The van der Waals surface area contributed by atoms with E-state index in [9.17, 15) is 13.2 Å². The Hall–Kier alpha value is -1.67. The molecule has 0 saturated carbocycles. The van der Waals surface area contributed by atoms with Gasteiger partial charge in [0.15, 0.2) is 0 Å². The van der Waals surface area contributed by atoms with Gasteiger partial charge in [-0.3, -0.25) is 9.78 Å². The van der Waals surface area contributed by atoms with Crippen LogP contribution in [0.25, 0.3) is 0 Å². The number of hydrogen-bond acceptors (Lipinski definition) is 6. The van der Waals surface area contributed by atoms with Crippen molar-refractivity contribution in [2.45, 2.75) is 24.7 Å². The molecule has 2 rings (SSSR count). The molecule has 1 aliphatic rings. The Bertz CT molecular complexity index is 618. The van der Waals surface area contributed by atoms with E-state index in [1.165, 1.54) is 22.8 Å². The number of nitrogens with zero attached hydrogens (tertiary/aromatic N) is 2. The number of anilines is 1. The number of hydrogen-bond donors (Lipinski definition) is 1. The highest BCUT2D eigenvalue weighted by atomic mass is 32.2. The Morgan fingerprint density at radius 1 is 1.52 bits per heavy atom. The van der Waals surface area contributed by atoms with Crippen molar-refractivity contribution in [2.75, 3.05) is 25.4 Å². The molecule has 7 nitrogen and oxygen atoms in total. The highest BCUT2D eigenvalue weighted by molar-refractivity contribution is 7.89. The molecule has 1 unspecified atom stereocenters. The molecule has 1 aliphatic heterocycles. The van der Waals surface area contributed by atoms with Crippen molar-refractivity contribution < 1.29 is 17.9 Å². The number of carbonyl (C=O) groups is 1. The maximum Gasteiger partial charge on any atom is 0.310 e.